The van der Waals surface area contributed by atoms with E-state index in [-0.39, 0.29) is 11.5 Å². The van der Waals surface area contributed by atoms with Crippen molar-refractivity contribution in [3.8, 4) is 6.07 Å². The Labute approximate surface area is 164 Å². The van der Waals surface area contributed by atoms with Crippen LogP contribution in [0.25, 0.3) is 0 Å². The van der Waals surface area contributed by atoms with Crippen LogP contribution in [0.15, 0.2) is 60.7 Å². The Morgan fingerprint density at radius 3 is 1.93 bits per heavy atom. The zero-order valence-corrected chi connectivity index (χ0v) is 17.7. The van der Waals surface area contributed by atoms with Crippen LogP contribution in [0.3, 0.4) is 0 Å². The molecular formula is C23H31NO2Si. The van der Waals surface area contributed by atoms with Crippen molar-refractivity contribution < 1.29 is 9.53 Å². The van der Waals surface area contributed by atoms with Gasteiger partial charge in [0.05, 0.1) is 18.6 Å². The van der Waals surface area contributed by atoms with Gasteiger partial charge < -0.3 is 9.53 Å². The van der Waals surface area contributed by atoms with Gasteiger partial charge in [0.2, 0.25) is 0 Å². The molecule has 1 N–H and O–H groups in total. The quantitative estimate of drug-likeness (QED) is 0.527. The number of aliphatic hydroxyl groups is 1. The van der Waals surface area contributed by atoms with Crippen LogP contribution < -0.4 is 10.4 Å². The van der Waals surface area contributed by atoms with Gasteiger partial charge in [0.1, 0.15) is 0 Å². The van der Waals surface area contributed by atoms with Crippen LogP contribution in [-0.4, -0.2) is 26.1 Å². The first-order chi connectivity index (χ1) is 12.9. The minimum Gasteiger partial charge on any atom is -0.407 e. The Hall–Kier alpha value is -1.93. The summed E-state index contributed by atoms with van der Waals surface area (Å²) < 4.78 is 6.80. The molecule has 0 aliphatic heterocycles. The van der Waals surface area contributed by atoms with Crippen molar-refractivity contribution in [2.45, 2.75) is 57.6 Å². The first kappa shape index (κ1) is 21.4. The SMILES string of the molecule is CC(C)(C)[Si](OCCCC[C@@H](O)CC#N)(c1ccccc1)c1ccccc1. The molecule has 0 fully saturated rings. The molecule has 4 heteroatoms. The fourth-order valence-electron chi connectivity index (χ4n) is 3.68. The van der Waals surface area contributed by atoms with Gasteiger partial charge in [-0.25, -0.2) is 0 Å². The molecule has 27 heavy (non-hydrogen) atoms. The maximum absolute atomic E-state index is 9.74. The predicted molar refractivity (Wildman–Crippen MR) is 114 cm³/mol. The summed E-state index contributed by atoms with van der Waals surface area (Å²) in [4.78, 5) is 0. The largest absolute Gasteiger partial charge is 0.407 e. The number of benzene rings is 2. The third kappa shape index (κ3) is 5.29. The third-order valence-corrected chi connectivity index (χ3v) is 10.0. The number of hydrogen-bond donors (Lipinski definition) is 1. The van der Waals surface area contributed by atoms with Crippen molar-refractivity contribution in [2.24, 2.45) is 0 Å². The summed E-state index contributed by atoms with van der Waals surface area (Å²) in [6.45, 7) is 7.48. The van der Waals surface area contributed by atoms with Crippen LogP contribution in [0, 0.1) is 11.3 Å². The fourth-order valence-corrected chi connectivity index (χ4v) is 8.28. The Kier molecular flexibility index (Phi) is 7.79. The molecule has 2 aromatic carbocycles. The van der Waals surface area contributed by atoms with Crippen LogP contribution in [0.2, 0.25) is 5.04 Å². The van der Waals surface area contributed by atoms with E-state index in [1.807, 2.05) is 18.2 Å². The summed E-state index contributed by atoms with van der Waals surface area (Å²) in [6.07, 6.45) is 2.07. The Balaban J connectivity index is 2.24. The smallest absolute Gasteiger partial charge is 0.261 e. The first-order valence-electron chi connectivity index (χ1n) is 9.72. The standard InChI is InChI=1S/C23H31NO2Si/c1-23(2,3)27(21-13-6-4-7-14-21,22-15-8-5-9-16-22)26-19-11-10-12-20(25)17-18-24/h4-9,13-16,20,25H,10-12,17,19H2,1-3H3/t20-/m1/s1. The lowest BCUT2D eigenvalue weighted by molar-refractivity contribution is 0.162. The minimum atomic E-state index is -2.46. The molecule has 0 aliphatic rings. The van der Waals surface area contributed by atoms with E-state index < -0.39 is 14.4 Å². The normalized spacial score (nSPS) is 13.1. The first-order valence-corrected chi connectivity index (χ1v) is 11.6. The van der Waals surface area contributed by atoms with Crippen molar-refractivity contribution in [3.63, 3.8) is 0 Å². The summed E-state index contributed by atoms with van der Waals surface area (Å²) in [5.41, 5.74) is 0. The van der Waals surface area contributed by atoms with Gasteiger partial charge in [0.15, 0.2) is 0 Å². The van der Waals surface area contributed by atoms with Crippen molar-refractivity contribution in [1.29, 1.82) is 5.26 Å². The minimum absolute atomic E-state index is 0.0178. The Morgan fingerprint density at radius 2 is 1.48 bits per heavy atom. The fraction of sp³-hybridized carbons (Fsp3) is 0.435. The van der Waals surface area contributed by atoms with Crippen molar-refractivity contribution in [1.82, 2.24) is 0 Å². The number of nitriles is 1. The molecule has 0 unspecified atom stereocenters. The summed E-state index contributed by atoms with van der Waals surface area (Å²) in [7, 11) is -2.46. The van der Waals surface area contributed by atoms with Crippen LogP contribution >= 0.6 is 0 Å². The van der Waals surface area contributed by atoms with E-state index in [2.05, 4.69) is 69.3 Å². The molecule has 0 heterocycles. The van der Waals surface area contributed by atoms with Crippen molar-refractivity contribution in [2.75, 3.05) is 6.61 Å². The van der Waals surface area contributed by atoms with Gasteiger partial charge in [0.25, 0.3) is 8.32 Å². The molecule has 0 amide bonds. The molecule has 0 bridgehead atoms. The molecule has 0 saturated carbocycles. The van der Waals surface area contributed by atoms with Crippen LogP contribution in [0.5, 0.6) is 0 Å². The van der Waals surface area contributed by atoms with Gasteiger partial charge in [0, 0.05) is 6.61 Å². The second-order valence-corrected chi connectivity index (χ2v) is 12.3. The average molecular weight is 382 g/mol. The second kappa shape index (κ2) is 9.84. The third-order valence-electron chi connectivity index (χ3n) is 4.99. The highest BCUT2D eigenvalue weighted by molar-refractivity contribution is 6.99. The van der Waals surface area contributed by atoms with Crippen molar-refractivity contribution in [3.05, 3.63) is 60.7 Å². The van der Waals surface area contributed by atoms with Crippen LogP contribution in [0.4, 0.5) is 0 Å². The topological polar surface area (TPSA) is 53.2 Å². The van der Waals surface area contributed by atoms with E-state index in [9.17, 15) is 5.11 Å². The molecule has 3 nitrogen and oxygen atoms in total. The highest BCUT2D eigenvalue weighted by Gasteiger charge is 2.49. The van der Waals surface area contributed by atoms with Gasteiger partial charge in [-0.2, -0.15) is 5.26 Å². The highest BCUT2D eigenvalue weighted by Crippen LogP contribution is 2.36. The lowest BCUT2D eigenvalue weighted by Gasteiger charge is -2.43. The van der Waals surface area contributed by atoms with Crippen LogP contribution in [-0.2, 0) is 4.43 Å². The monoisotopic (exact) mass is 381 g/mol. The van der Waals surface area contributed by atoms with Crippen LogP contribution in [0.1, 0.15) is 46.5 Å². The zero-order valence-electron chi connectivity index (χ0n) is 16.7. The van der Waals surface area contributed by atoms with E-state index in [4.69, 9.17) is 9.69 Å². The molecule has 2 rings (SSSR count). The second-order valence-electron chi connectivity index (χ2n) is 8.02. The number of aliphatic hydroxyl groups excluding tert-OH is 1. The van der Waals surface area contributed by atoms with Crippen molar-refractivity contribution >= 4 is 18.7 Å². The lowest BCUT2D eigenvalue weighted by atomic mass is 10.1. The summed E-state index contributed by atoms with van der Waals surface area (Å²) in [5, 5.41) is 21.0. The van der Waals surface area contributed by atoms with Gasteiger partial charge in [-0.05, 0) is 34.7 Å². The molecule has 1 atom stereocenters. The average Bonchev–Trinajstić information content (AvgIpc) is 2.65. The Morgan fingerprint density at radius 1 is 0.963 bits per heavy atom. The van der Waals surface area contributed by atoms with Gasteiger partial charge in [-0.3, -0.25) is 0 Å². The van der Waals surface area contributed by atoms with Gasteiger partial charge >= 0.3 is 0 Å². The van der Waals surface area contributed by atoms with Gasteiger partial charge in [-0.1, -0.05) is 81.4 Å². The number of hydrogen-bond acceptors (Lipinski definition) is 3. The summed E-state index contributed by atoms with van der Waals surface area (Å²) in [5.74, 6) is 0. The molecular weight excluding hydrogens is 350 g/mol. The summed E-state index contributed by atoms with van der Waals surface area (Å²) in [6, 6.07) is 23.3. The molecule has 0 aliphatic carbocycles. The van der Waals surface area contributed by atoms with Gasteiger partial charge in [-0.15, -0.1) is 0 Å². The zero-order chi connectivity index (χ0) is 19.8. The summed E-state index contributed by atoms with van der Waals surface area (Å²) >= 11 is 0. The molecule has 0 spiro atoms. The number of nitrogens with zero attached hydrogens (tertiary/aromatic N) is 1. The molecule has 0 saturated heterocycles. The highest BCUT2D eigenvalue weighted by atomic mass is 28.4. The van der Waals surface area contributed by atoms with E-state index in [0.29, 0.717) is 13.0 Å². The maximum atomic E-state index is 9.74. The predicted octanol–water partition coefficient (Wildman–Crippen LogP) is 4.01. The number of rotatable bonds is 9. The molecule has 0 radical (unpaired) electrons. The number of unbranched alkanes of at least 4 members (excludes halogenated alkanes) is 1. The van der Waals surface area contributed by atoms with E-state index in [1.54, 1.807) is 0 Å². The lowest BCUT2D eigenvalue weighted by Crippen LogP contribution is -2.66. The Bertz CT molecular complexity index is 680. The van der Waals surface area contributed by atoms with E-state index in [1.165, 1.54) is 10.4 Å². The molecule has 0 aromatic heterocycles. The molecule has 144 valence electrons. The van der Waals surface area contributed by atoms with E-state index >= 15 is 0 Å². The van der Waals surface area contributed by atoms with E-state index in [0.717, 1.165) is 12.8 Å². The molecule has 2 aromatic rings. The maximum Gasteiger partial charge on any atom is 0.261 e.